The maximum Gasteiger partial charge on any atom is 0.341 e. The van der Waals surface area contributed by atoms with Gasteiger partial charge in [-0.05, 0) is 56.9 Å². The van der Waals surface area contributed by atoms with Gasteiger partial charge in [0.1, 0.15) is 5.56 Å². The number of aromatic nitrogens is 3. The molecule has 1 aromatic carbocycles. The lowest BCUT2D eigenvalue weighted by atomic mass is 9.98. The Morgan fingerprint density at radius 2 is 1.91 bits per heavy atom. The Hall–Kier alpha value is -2.52. The molecule has 3 aromatic rings. The number of ether oxygens (including phenoxy) is 1. The van der Waals surface area contributed by atoms with Crippen LogP contribution in [0.15, 0.2) is 36.7 Å². The van der Waals surface area contributed by atoms with Crippen LogP contribution in [0.25, 0.3) is 16.6 Å². The Morgan fingerprint density at radius 1 is 1.14 bits per heavy atom. The summed E-state index contributed by atoms with van der Waals surface area (Å²) in [5.41, 5.74) is 2.96. The van der Waals surface area contributed by atoms with Crippen LogP contribution in [0.5, 0.6) is 0 Å². The molecule has 0 amide bonds. The van der Waals surface area contributed by atoms with Crippen LogP contribution < -0.4 is 0 Å². The zero-order chi connectivity index (χ0) is 24.4. The summed E-state index contributed by atoms with van der Waals surface area (Å²) in [6.07, 6.45) is 7.10. The number of aliphatic hydroxyl groups is 1. The third-order valence-electron chi connectivity index (χ3n) is 7.22. The molecule has 186 valence electrons. The maximum atomic E-state index is 12.8. The van der Waals surface area contributed by atoms with Gasteiger partial charge in [0, 0.05) is 55.4 Å². The molecule has 2 aromatic heterocycles. The van der Waals surface area contributed by atoms with Crippen LogP contribution in [-0.2, 0) is 11.3 Å². The number of piperidine rings is 2. The number of halogens is 1. The van der Waals surface area contributed by atoms with Crippen LogP contribution in [0.3, 0.4) is 0 Å². The summed E-state index contributed by atoms with van der Waals surface area (Å²) in [7, 11) is 0. The first kappa shape index (κ1) is 24.2. The van der Waals surface area contributed by atoms with E-state index in [1.54, 1.807) is 12.4 Å². The largest absolute Gasteiger partial charge is 0.462 e. The lowest BCUT2D eigenvalue weighted by Gasteiger charge is -2.41. The standard InChI is InChI=1S/C26H32ClN5O3/c1-2-35-26(34)22-16-29-32(24-5-10-28-23-15-18(27)3-4-21(23)24)25(22)17-30-11-6-19(7-12-30)31-13-8-20(33)9-14-31/h3-5,10,15-16,19-20,33H,2,6-9,11-14,17H2,1H3. The lowest BCUT2D eigenvalue weighted by Crippen LogP contribution is -2.48. The topological polar surface area (TPSA) is 83.7 Å². The van der Waals surface area contributed by atoms with Crippen LogP contribution in [-0.4, -0.2) is 80.6 Å². The molecule has 9 heteroatoms. The number of likely N-dealkylation sites (tertiary alicyclic amines) is 2. The fourth-order valence-corrected chi connectivity index (χ4v) is 5.48. The Balaban J connectivity index is 1.40. The quantitative estimate of drug-likeness (QED) is 0.520. The molecule has 5 rings (SSSR count). The van der Waals surface area contributed by atoms with E-state index in [-0.39, 0.29) is 12.1 Å². The van der Waals surface area contributed by atoms with Crippen molar-refractivity contribution in [1.29, 1.82) is 0 Å². The number of carbonyl (C=O) groups is 1. The highest BCUT2D eigenvalue weighted by Gasteiger charge is 2.29. The van der Waals surface area contributed by atoms with Crippen molar-refractivity contribution in [3.63, 3.8) is 0 Å². The molecule has 0 saturated carbocycles. The second kappa shape index (κ2) is 10.6. The number of benzene rings is 1. The Kier molecular flexibility index (Phi) is 7.34. The van der Waals surface area contributed by atoms with Crippen LogP contribution in [0.2, 0.25) is 5.02 Å². The molecule has 2 aliphatic heterocycles. The second-order valence-electron chi connectivity index (χ2n) is 9.40. The van der Waals surface area contributed by atoms with Crippen molar-refractivity contribution in [3.05, 3.63) is 52.9 Å². The zero-order valence-corrected chi connectivity index (χ0v) is 20.8. The molecule has 2 aliphatic rings. The van der Waals surface area contributed by atoms with Gasteiger partial charge in [-0.2, -0.15) is 5.10 Å². The molecule has 0 bridgehead atoms. The van der Waals surface area contributed by atoms with E-state index in [0.29, 0.717) is 29.8 Å². The van der Waals surface area contributed by atoms with Gasteiger partial charge in [0.2, 0.25) is 0 Å². The van der Waals surface area contributed by atoms with Gasteiger partial charge in [-0.1, -0.05) is 11.6 Å². The minimum absolute atomic E-state index is 0.145. The average molecular weight is 498 g/mol. The summed E-state index contributed by atoms with van der Waals surface area (Å²) in [5.74, 6) is -0.350. The van der Waals surface area contributed by atoms with E-state index in [1.807, 2.05) is 35.9 Å². The normalized spacial score (nSPS) is 18.8. The highest BCUT2D eigenvalue weighted by atomic mass is 35.5. The SMILES string of the molecule is CCOC(=O)c1cnn(-c2ccnc3cc(Cl)ccc23)c1CN1CCC(N2CCC(O)CC2)CC1. The molecular formula is C26H32ClN5O3. The molecule has 8 nitrogen and oxygen atoms in total. The summed E-state index contributed by atoms with van der Waals surface area (Å²) < 4.78 is 7.20. The van der Waals surface area contributed by atoms with Gasteiger partial charge in [-0.3, -0.25) is 9.88 Å². The molecule has 0 spiro atoms. The van der Waals surface area contributed by atoms with Crippen molar-refractivity contribution in [2.45, 2.75) is 51.3 Å². The number of hydrogen-bond acceptors (Lipinski definition) is 7. The number of carbonyl (C=O) groups excluding carboxylic acids is 1. The van der Waals surface area contributed by atoms with Crippen molar-refractivity contribution < 1.29 is 14.6 Å². The Labute approximate surface area is 210 Å². The van der Waals surface area contributed by atoms with E-state index in [1.165, 1.54) is 0 Å². The van der Waals surface area contributed by atoms with Gasteiger partial charge < -0.3 is 14.7 Å². The van der Waals surface area contributed by atoms with E-state index >= 15 is 0 Å². The summed E-state index contributed by atoms with van der Waals surface area (Å²) >= 11 is 6.19. The summed E-state index contributed by atoms with van der Waals surface area (Å²) in [6.45, 7) is 6.59. The van der Waals surface area contributed by atoms with Gasteiger partial charge >= 0.3 is 5.97 Å². The molecule has 2 fully saturated rings. The Morgan fingerprint density at radius 3 is 2.66 bits per heavy atom. The van der Waals surface area contributed by atoms with E-state index in [4.69, 9.17) is 16.3 Å². The second-order valence-corrected chi connectivity index (χ2v) is 9.84. The minimum atomic E-state index is -0.350. The van der Waals surface area contributed by atoms with Crippen LogP contribution >= 0.6 is 11.6 Å². The maximum absolute atomic E-state index is 12.8. The van der Waals surface area contributed by atoms with Crippen molar-refractivity contribution in [3.8, 4) is 5.69 Å². The Bertz CT molecular complexity index is 1180. The smallest absolute Gasteiger partial charge is 0.341 e. The number of aliphatic hydroxyl groups excluding tert-OH is 1. The summed E-state index contributed by atoms with van der Waals surface area (Å²) in [6, 6.07) is 8.09. The first-order valence-electron chi connectivity index (χ1n) is 12.5. The number of hydrogen-bond donors (Lipinski definition) is 1. The van der Waals surface area contributed by atoms with Gasteiger partial charge in [0.05, 0.1) is 35.8 Å². The number of fused-ring (bicyclic) bond motifs is 1. The van der Waals surface area contributed by atoms with Crippen molar-refractivity contribution in [1.82, 2.24) is 24.6 Å². The molecule has 2 saturated heterocycles. The molecule has 0 unspecified atom stereocenters. The molecule has 0 atom stereocenters. The van der Waals surface area contributed by atoms with E-state index in [9.17, 15) is 9.90 Å². The predicted molar refractivity (Wildman–Crippen MR) is 135 cm³/mol. The first-order valence-corrected chi connectivity index (χ1v) is 12.8. The van der Waals surface area contributed by atoms with Crippen molar-refractivity contribution >= 4 is 28.5 Å². The molecule has 0 aliphatic carbocycles. The average Bonchev–Trinajstić information content (AvgIpc) is 3.28. The highest BCUT2D eigenvalue weighted by Crippen LogP contribution is 2.28. The first-order chi connectivity index (χ1) is 17.0. The summed E-state index contributed by atoms with van der Waals surface area (Å²) in [4.78, 5) is 22.2. The zero-order valence-electron chi connectivity index (χ0n) is 20.1. The number of esters is 1. The summed E-state index contributed by atoms with van der Waals surface area (Å²) in [5, 5.41) is 16.0. The third-order valence-corrected chi connectivity index (χ3v) is 7.46. The van der Waals surface area contributed by atoms with E-state index in [0.717, 1.165) is 74.1 Å². The monoisotopic (exact) mass is 497 g/mol. The minimum Gasteiger partial charge on any atom is -0.462 e. The van der Waals surface area contributed by atoms with Gasteiger partial charge in [-0.15, -0.1) is 0 Å². The highest BCUT2D eigenvalue weighted by molar-refractivity contribution is 6.31. The van der Waals surface area contributed by atoms with Crippen LogP contribution in [0.4, 0.5) is 0 Å². The number of pyridine rings is 1. The lowest BCUT2D eigenvalue weighted by molar-refractivity contribution is 0.0369. The van der Waals surface area contributed by atoms with E-state index in [2.05, 4.69) is 19.9 Å². The van der Waals surface area contributed by atoms with Gasteiger partial charge in [-0.25, -0.2) is 9.48 Å². The number of rotatable bonds is 6. The van der Waals surface area contributed by atoms with Crippen LogP contribution in [0, 0.1) is 0 Å². The fraction of sp³-hybridized carbons (Fsp3) is 0.500. The molecule has 35 heavy (non-hydrogen) atoms. The molecule has 1 N–H and O–H groups in total. The molecular weight excluding hydrogens is 466 g/mol. The van der Waals surface area contributed by atoms with Crippen molar-refractivity contribution in [2.24, 2.45) is 0 Å². The van der Waals surface area contributed by atoms with Gasteiger partial charge in [0.25, 0.3) is 0 Å². The van der Waals surface area contributed by atoms with Crippen LogP contribution in [0.1, 0.15) is 48.7 Å². The van der Waals surface area contributed by atoms with Gasteiger partial charge in [0.15, 0.2) is 0 Å². The third kappa shape index (κ3) is 5.21. The number of nitrogens with zero attached hydrogens (tertiary/aromatic N) is 5. The fourth-order valence-electron chi connectivity index (χ4n) is 5.31. The molecule has 4 heterocycles. The van der Waals surface area contributed by atoms with E-state index < -0.39 is 0 Å². The molecule has 0 radical (unpaired) electrons. The van der Waals surface area contributed by atoms with Crippen molar-refractivity contribution in [2.75, 3.05) is 32.8 Å². The predicted octanol–water partition coefficient (Wildman–Crippen LogP) is 3.67.